The molecule has 90 valence electrons. The highest BCUT2D eigenvalue weighted by Crippen LogP contribution is 2.22. The molecule has 1 fully saturated rings. The lowest BCUT2D eigenvalue weighted by Gasteiger charge is -2.26. The first-order valence-electron chi connectivity index (χ1n) is 6.15. The van der Waals surface area contributed by atoms with Crippen LogP contribution in [0.2, 0.25) is 0 Å². The van der Waals surface area contributed by atoms with Gasteiger partial charge < -0.3 is 10.6 Å². The van der Waals surface area contributed by atoms with Gasteiger partial charge in [0.05, 0.1) is 11.6 Å². The molecule has 1 aliphatic heterocycles. The fourth-order valence-electron chi connectivity index (χ4n) is 2.16. The fourth-order valence-corrected chi connectivity index (χ4v) is 2.16. The lowest BCUT2D eigenvalue weighted by Crippen LogP contribution is -2.53. The first-order valence-corrected chi connectivity index (χ1v) is 6.15. The molecular formula is C12H21N3O. The molecular weight excluding hydrogens is 202 g/mol. The lowest BCUT2D eigenvalue weighted by molar-refractivity contribution is -0.127. The highest BCUT2D eigenvalue weighted by Gasteiger charge is 2.38. The number of nitrogens with one attached hydrogen (secondary N) is 2. The quantitative estimate of drug-likeness (QED) is 0.668. The minimum absolute atomic E-state index is 0.129. The molecule has 0 aromatic rings. The van der Waals surface area contributed by atoms with Gasteiger partial charge in [0.1, 0.15) is 0 Å². The Morgan fingerprint density at radius 2 is 2.38 bits per heavy atom. The van der Waals surface area contributed by atoms with Crippen LogP contribution in [0.1, 0.15) is 45.4 Å². The van der Waals surface area contributed by atoms with Crippen LogP contribution in [0.3, 0.4) is 0 Å². The smallest absolute Gasteiger partial charge is 0.240 e. The van der Waals surface area contributed by atoms with Crippen molar-refractivity contribution < 1.29 is 4.79 Å². The lowest BCUT2D eigenvalue weighted by atomic mass is 9.93. The van der Waals surface area contributed by atoms with E-state index in [0.29, 0.717) is 13.0 Å². The van der Waals surface area contributed by atoms with Crippen LogP contribution in [0.4, 0.5) is 0 Å². The zero-order valence-electron chi connectivity index (χ0n) is 10.0. The van der Waals surface area contributed by atoms with E-state index in [2.05, 4.69) is 16.7 Å². The van der Waals surface area contributed by atoms with Gasteiger partial charge >= 0.3 is 0 Å². The summed E-state index contributed by atoms with van der Waals surface area (Å²) in [6, 6.07) is 2.10. The predicted octanol–water partition coefficient (Wildman–Crippen LogP) is 1.33. The van der Waals surface area contributed by atoms with Crippen molar-refractivity contribution in [2.75, 3.05) is 13.1 Å². The number of amides is 1. The second-order valence-corrected chi connectivity index (χ2v) is 4.34. The Hall–Kier alpha value is -1.08. The Kier molecular flexibility index (Phi) is 5.27. The molecule has 1 amide bonds. The normalized spacial score (nSPS) is 24.0. The summed E-state index contributed by atoms with van der Waals surface area (Å²) in [6.07, 6.45) is 5.19. The maximum atomic E-state index is 12.0. The van der Waals surface area contributed by atoms with Gasteiger partial charge in [0, 0.05) is 13.0 Å². The number of nitriles is 1. The van der Waals surface area contributed by atoms with Crippen LogP contribution in [0, 0.1) is 11.3 Å². The zero-order valence-corrected chi connectivity index (χ0v) is 10.0. The van der Waals surface area contributed by atoms with Crippen molar-refractivity contribution in [3.05, 3.63) is 0 Å². The highest BCUT2D eigenvalue weighted by atomic mass is 16.2. The van der Waals surface area contributed by atoms with Crippen LogP contribution in [0.15, 0.2) is 0 Å². The third kappa shape index (κ3) is 3.21. The minimum atomic E-state index is -0.324. The van der Waals surface area contributed by atoms with E-state index in [-0.39, 0.29) is 11.4 Å². The summed E-state index contributed by atoms with van der Waals surface area (Å²) in [5.74, 6) is 0.129. The van der Waals surface area contributed by atoms with E-state index in [1.165, 1.54) is 0 Å². The first kappa shape index (κ1) is 13.0. The molecule has 1 atom stereocenters. The van der Waals surface area contributed by atoms with Crippen LogP contribution >= 0.6 is 0 Å². The molecule has 0 aromatic heterocycles. The van der Waals surface area contributed by atoms with Crippen molar-refractivity contribution in [2.45, 2.75) is 51.0 Å². The van der Waals surface area contributed by atoms with Gasteiger partial charge in [-0.3, -0.25) is 4.79 Å². The summed E-state index contributed by atoms with van der Waals surface area (Å²) in [5, 5.41) is 14.7. The number of nitrogens with zero attached hydrogens (tertiary/aromatic N) is 1. The molecule has 1 unspecified atom stereocenters. The molecule has 16 heavy (non-hydrogen) atoms. The van der Waals surface area contributed by atoms with Crippen molar-refractivity contribution in [1.29, 1.82) is 5.26 Å². The number of carbonyl (C=O) groups excluding carboxylic acids is 1. The van der Waals surface area contributed by atoms with E-state index in [1.807, 2.05) is 6.92 Å². The second-order valence-electron chi connectivity index (χ2n) is 4.34. The number of hydrogen-bond donors (Lipinski definition) is 2. The molecule has 1 heterocycles. The van der Waals surface area contributed by atoms with Crippen LogP contribution < -0.4 is 10.6 Å². The number of rotatable bonds is 6. The Bertz CT molecular complexity index is 264. The monoisotopic (exact) mass is 223 g/mol. The summed E-state index contributed by atoms with van der Waals surface area (Å²) >= 11 is 0. The largest absolute Gasteiger partial charge is 0.354 e. The number of unbranched alkanes of at least 4 members (excludes halogenated alkanes) is 2. The molecule has 1 rings (SSSR count). The minimum Gasteiger partial charge on any atom is -0.354 e. The third-order valence-electron chi connectivity index (χ3n) is 3.28. The Labute approximate surface area is 97.4 Å². The molecule has 0 spiro atoms. The molecule has 4 heteroatoms. The predicted molar refractivity (Wildman–Crippen MR) is 62.7 cm³/mol. The first-order chi connectivity index (χ1) is 7.75. The van der Waals surface area contributed by atoms with Crippen molar-refractivity contribution in [3.8, 4) is 6.07 Å². The molecule has 2 N–H and O–H groups in total. The van der Waals surface area contributed by atoms with E-state index in [4.69, 9.17) is 5.26 Å². The van der Waals surface area contributed by atoms with Gasteiger partial charge in [0.2, 0.25) is 5.91 Å². The van der Waals surface area contributed by atoms with Crippen LogP contribution in [-0.2, 0) is 4.79 Å². The van der Waals surface area contributed by atoms with Crippen molar-refractivity contribution in [3.63, 3.8) is 0 Å². The summed E-state index contributed by atoms with van der Waals surface area (Å²) < 4.78 is 0. The van der Waals surface area contributed by atoms with Crippen LogP contribution in [-0.4, -0.2) is 24.5 Å². The molecule has 0 radical (unpaired) electrons. The highest BCUT2D eigenvalue weighted by molar-refractivity contribution is 5.86. The van der Waals surface area contributed by atoms with Gasteiger partial charge in [-0.1, -0.05) is 6.92 Å². The Morgan fingerprint density at radius 3 is 2.94 bits per heavy atom. The van der Waals surface area contributed by atoms with E-state index in [0.717, 1.165) is 38.6 Å². The van der Waals surface area contributed by atoms with Crippen molar-refractivity contribution in [1.82, 2.24) is 10.6 Å². The average Bonchev–Trinajstić information content (AvgIpc) is 2.78. The van der Waals surface area contributed by atoms with Crippen molar-refractivity contribution in [2.24, 2.45) is 0 Å². The van der Waals surface area contributed by atoms with Gasteiger partial charge in [-0.05, 0) is 38.6 Å². The molecule has 0 aromatic carbocycles. The van der Waals surface area contributed by atoms with Crippen molar-refractivity contribution >= 4 is 5.91 Å². The molecule has 1 saturated heterocycles. The maximum absolute atomic E-state index is 12.0. The van der Waals surface area contributed by atoms with E-state index in [1.54, 1.807) is 0 Å². The maximum Gasteiger partial charge on any atom is 0.240 e. The molecule has 0 saturated carbocycles. The summed E-state index contributed by atoms with van der Waals surface area (Å²) in [5.41, 5.74) is -0.324. The van der Waals surface area contributed by atoms with Gasteiger partial charge in [-0.25, -0.2) is 0 Å². The van der Waals surface area contributed by atoms with Gasteiger partial charge in [0.25, 0.3) is 0 Å². The van der Waals surface area contributed by atoms with Gasteiger partial charge in [-0.15, -0.1) is 0 Å². The second kappa shape index (κ2) is 6.49. The molecule has 1 aliphatic rings. The summed E-state index contributed by atoms with van der Waals surface area (Å²) in [7, 11) is 0. The van der Waals surface area contributed by atoms with Crippen LogP contribution in [0.5, 0.6) is 0 Å². The molecule has 0 aliphatic carbocycles. The van der Waals surface area contributed by atoms with E-state index < -0.39 is 0 Å². The topological polar surface area (TPSA) is 64.9 Å². The number of carbonyl (C=O) groups is 1. The fraction of sp³-hybridized carbons (Fsp3) is 0.833. The van der Waals surface area contributed by atoms with Gasteiger partial charge in [-0.2, -0.15) is 5.26 Å². The zero-order chi connectivity index (χ0) is 11.9. The average molecular weight is 223 g/mol. The van der Waals surface area contributed by atoms with Crippen LogP contribution in [0.25, 0.3) is 0 Å². The summed E-state index contributed by atoms with van der Waals surface area (Å²) in [4.78, 5) is 12.0. The SMILES string of the molecule is CCC1(C(=O)NCCCCC#N)CCCN1. The Balaban J connectivity index is 2.26. The molecule has 4 nitrogen and oxygen atoms in total. The van der Waals surface area contributed by atoms with E-state index >= 15 is 0 Å². The standard InChI is InChI=1S/C12H21N3O/c1-2-12(7-6-10-15-12)11(16)14-9-5-3-4-8-13/h15H,2-7,9-10H2,1H3,(H,14,16). The van der Waals surface area contributed by atoms with Gasteiger partial charge in [0.15, 0.2) is 0 Å². The summed E-state index contributed by atoms with van der Waals surface area (Å²) in [6.45, 7) is 3.67. The number of hydrogen-bond acceptors (Lipinski definition) is 3. The third-order valence-corrected chi connectivity index (χ3v) is 3.28. The molecule has 0 bridgehead atoms. The Morgan fingerprint density at radius 1 is 1.56 bits per heavy atom. The van der Waals surface area contributed by atoms with E-state index in [9.17, 15) is 4.79 Å².